The Labute approximate surface area is 153 Å². The van der Waals surface area contributed by atoms with Gasteiger partial charge in [-0.05, 0) is 83.2 Å². The molecule has 0 unspecified atom stereocenters. The summed E-state index contributed by atoms with van der Waals surface area (Å²) in [6.07, 6.45) is 20.8. The van der Waals surface area contributed by atoms with Crippen LogP contribution in [0.25, 0.3) is 11.6 Å². The second kappa shape index (κ2) is 7.77. The molecule has 132 valence electrons. The highest BCUT2D eigenvalue weighted by Gasteiger charge is 2.26. The number of benzene rings is 1. The zero-order chi connectivity index (χ0) is 17.1. The molecule has 0 heteroatoms. The summed E-state index contributed by atoms with van der Waals surface area (Å²) in [7, 11) is 0. The molecule has 0 atom stereocenters. The van der Waals surface area contributed by atoms with E-state index in [4.69, 9.17) is 0 Å². The number of fused-ring (bicyclic) bond motifs is 3. The summed E-state index contributed by atoms with van der Waals surface area (Å²) in [5, 5.41) is 3.03. The Balaban J connectivity index is 1.53. The van der Waals surface area contributed by atoms with E-state index in [2.05, 4.69) is 37.3 Å². The highest BCUT2D eigenvalue weighted by molar-refractivity contribution is 5.80. The van der Waals surface area contributed by atoms with Gasteiger partial charge >= 0.3 is 0 Å². The molecular formula is C25H32. The first-order valence-electron chi connectivity index (χ1n) is 10.6. The van der Waals surface area contributed by atoms with Gasteiger partial charge in [-0.3, -0.25) is 0 Å². The zero-order valence-corrected chi connectivity index (χ0v) is 15.9. The zero-order valence-electron chi connectivity index (χ0n) is 15.9. The minimum Gasteiger partial charge on any atom is -0.0807 e. The fourth-order valence-electron chi connectivity index (χ4n) is 4.87. The third-order valence-electron chi connectivity index (χ3n) is 6.29. The quantitative estimate of drug-likeness (QED) is 0.559. The maximum atomic E-state index is 2.52. The molecule has 0 radical (unpaired) electrons. The number of rotatable bonds is 7. The maximum Gasteiger partial charge on any atom is -0.00170 e. The van der Waals surface area contributed by atoms with Gasteiger partial charge in [0.25, 0.3) is 0 Å². The number of aryl methyl sites for hydroxylation is 1. The van der Waals surface area contributed by atoms with Crippen LogP contribution >= 0.6 is 0 Å². The van der Waals surface area contributed by atoms with Gasteiger partial charge in [0, 0.05) is 0 Å². The van der Waals surface area contributed by atoms with E-state index in [1.54, 1.807) is 33.1 Å². The van der Waals surface area contributed by atoms with Gasteiger partial charge in [0.15, 0.2) is 0 Å². The van der Waals surface area contributed by atoms with Gasteiger partial charge in [-0.15, -0.1) is 0 Å². The first-order chi connectivity index (χ1) is 12.4. The number of unbranched alkanes of at least 4 members (excludes halogenated alkanes) is 5. The van der Waals surface area contributed by atoms with Crippen molar-refractivity contribution in [3.05, 3.63) is 57.0 Å². The van der Waals surface area contributed by atoms with Gasteiger partial charge in [-0.2, -0.15) is 0 Å². The topological polar surface area (TPSA) is 0 Å². The predicted molar refractivity (Wildman–Crippen MR) is 109 cm³/mol. The number of allylic oxidation sites excluding steroid dienone is 4. The van der Waals surface area contributed by atoms with Crippen LogP contribution in [-0.4, -0.2) is 0 Å². The van der Waals surface area contributed by atoms with Crippen molar-refractivity contribution in [3.63, 3.8) is 0 Å². The van der Waals surface area contributed by atoms with E-state index < -0.39 is 0 Å². The van der Waals surface area contributed by atoms with Gasteiger partial charge in [0.2, 0.25) is 0 Å². The minimum atomic E-state index is 1.16. The summed E-state index contributed by atoms with van der Waals surface area (Å²) in [5.41, 5.74) is 8.23. The summed E-state index contributed by atoms with van der Waals surface area (Å²) in [6.45, 7) is 2.29. The second-order valence-corrected chi connectivity index (χ2v) is 8.08. The van der Waals surface area contributed by atoms with Crippen LogP contribution in [0.4, 0.5) is 0 Å². The molecule has 0 aromatic heterocycles. The molecule has 0 spiro atoms. The van der Waals surface area contributed by atoms with Crippen LogP contribution in [0.5, 0.6) is 0 Å². The average molecular weight is 333 g/mol. The maximum absolute atomic E-state index is 2.52. The lowest BCUT2D eigenvalue weighted by Gasteiger charge is -2.13. The average Bonchev–Trinajstić information content (AvgIpc) is 3.04. The van der Waals surface area contributed by atoms with Crippen LogP contribution < -0.4 is 10.4 Å². The summed E-state index contributed by atoms with van der Waals surface area (Å²) in [6, 6.07) is 7.28. The normalized spacial score (nSPS) is 18.4. The Morgan fingerprint density at radius 3 is 2.68 bits per heavy atom. The molecule has 0 fully saturated rings. The van der Waals surface area contributed by atoms with Gasteiger partial charge in [0.1, 0.15) is 0 Å². The van der Waals surface area contributed by atoms with E-state index in [9.17, 15) is 0 Å². The molecule has 3 aliphatic rings. The molecule has 0 saturated heterocycles. The fraction of sp³-hybridized carbons (Fsp3) is 0.520. The summed E-state index contributed by atoms with van der Waals surface area (Å²) in [4.78, 5) is 0. The third-order valence-corrected chi connectivity index (χ3v) is 6.29. The minimum absolute atomic E-state index is 1.16. The molecule has 4 rings (SSSR count). The Morgan fingerprint density at radius 1 is 0.880 bits per heavy atom. The summed E-state index contributed by atoms with van der Waals surface area (Å²) >= 11 is 0. The highest BCUT2D eigenvalue weighted by Crippen LogP contribution is 2.43. The lowest BCUT2D eigenvalue weighted by Crippen LogP contribution is -2.30. The lowest BCUT2D eigenvalue weighted by molar-refractivity contribution is 0.607. The van der Waals surface area contributed by atoms with E-state index in [0.29, 0.717) is 0 Å². The van der Waals surface area contributed by atoms with Crippen molar-refractivity contribution >= 4 is 11.6 Å². The fourth-order valence-corrected chi connectivity index (χ4v) is 4.87. The van der Waals surface area contributed by atoms with Crippen LogP contribution in [0.3, 0.4) is 0 Å². The smallest absolute Gasteiger partial charge is 0.00170 e. The first kappa shape index (κ1) is 16.9. The molecule has 0 bridgehead atoms. The van der Waals surface area contributed by atoms with Crippen molar-refractivity contribution in [3.8, 4) is 0 Å². The number of hydrogen-bond acceptors (Lipinski definition) is 0. The van der Waals surface area contributed by atoms with Crippen molar-refractivity contribution in [2.24, 2.45) is 0 Å². The van der Waals surface area contributed by atoms with Crippen molar-refractivity contribution in [1.82, 2.24) is 0 Å². The van der Waals surface area contributed by atoms with Gasteiger partial charge in [0.05, 0.1) is 0 Å². The van der Waals surface area contributed by atoms with Crippen molar-refractivity contribution in [1.29, 1.82) is 0 Å². The van der Waals surface area contributed by atoms with E-state index in [1.807, 2.05) is 0 Å². The van der Waals surface area contributed by atoms with Crippen LogP contribution in [0.2, 0.25) is 0 Å². The van der Waals surface area contributed by atoms with Crippen LogP contribution in [0, 0.1) is 0 Å². The van der Waals surface area contributed by atoms with Crippen LogP contribution in [-0.2, 0) is 6.42 Å². The Kier molecular flexibility index (Phi) is 5.25. The van der Waals surface area contributed by atoms with Gasteiger partial charge in [-0.1, -0.05) is 69.4 Å². The predicted octanol–water partition coefficient (Wildman–Crippen LogP) is 5.74. The van der Waals surface area contributed by atoms with E-state index in [1.165, 1.54) is 75.8 Å². The summed E-state index contributed by atoms with van der Waals surface area (Å²) in [5.74, 6) is 0. The van der Waals surface area contributed by atoms with Crippen molar-refractivity contribution < 1.29 is 0 Å². The largest absolute Gasteiger partial charge is 0.0807 e. The van der Waals surface area contributed by atoms with E-state index in [0.717, 1.165) is 6.42 Å². The SMILES string of the molecule is CCCCCCCCc1ccc2c(c1)=C1CC3=CCCCC3=C1CC=2. The molecular weight excluding hydrogens is 300 g/mol. The monoisotopic (exact) mass is 332 g/mol. The van der Waals surface area contributed by atoms with E-state index in [-0.39, 0.29) is 0 Å². The molecule has 1 aromatic rings. The standard InChI is InChI=1S/C25H32/c1-2-3-4-5-6-7-10-19-13-14-20-15-16-23-22-12-9-8-11-21(22)18-25(23)24(20)17-19/h11,13-15,17H,2-10,12,16,18H2,1H3. The molecule has 1 aromatic carbocycles. The summed E-state index contributed by atoms with van der Waals surface area (Å²) < 4.78 is 0. The second-order valence-electron chi connectivity index (χ2n) is 8.08. The molecule has 0 N–H and O–H groups in total. The van der Waals surface area contributed by atoms with Crippen molar-refractivity contribution in [2.75, 3.05) is 0 Å². The molecule has 0 nitrogen and oxygen atoms in total. The van der Waals surface area contributed by atoms with Gasteiger partial charge < -0.3 is 0 Å². The molecule has 3 aliphatic carbocycles. The number of hydrogen-bond donors (Lipinski definition) is 0. The van der Waals surface area contributed by atoms with Gasteiger partial charge in [-0.25, -0.2) is 0 Å². The Hall–Kier alpha value is -1.56. The van der Waals surface area contributed by atoms with Crippen LogP contribution in [0.15, 0.2) is 41.0 Å². The van der Waals surface area contributed by atoms with E-state index >= 15 is 0 Å². The molecule has 25 heavy (non-hydrogen) atoms. The first-order valence-corrected chi connectivity index (χ1v) is 10.6. The highest BCUT2D eigenvalue weighted by atomic mass is 14.3. The Morgan fingerprint density at radius 2 is 1.76 bits per heavy atom. The third kappa shape index (κ3) is 3.54. The molecule has 0 heterocycles. The molecule has 0 saturated carbocycles. The molecule has 0 aliphatic heterocycles. The van der Waals surface area contributed by atoms with Crippen LogP contribution in [0.1, 0.15) is 83.1 Å². The lowest BCUT2D eigenvalue weighted by atomic mass is 9.91. The van der Waals surface area contributed by atoms with Crippen molar-refractivity contribution in [2.45, 2.75) is 84.0 Å². The Bertz CT molecular complexity index is 816. The molecule has 0 amide bonds.